The monoisotopic (exact) mass is 296 g/mol. The number of hydrogen-bond donors (Lipinski definition) is 0. The van der Waals surface area contributed by atoms with E-state index in [9.17, 15) is 4.39 Å². The van der Waals surface area contributed by atoms with E-state index >= 15 is 0 Å². The molecule has 0 spiro atoms. The summed E-state index contributed by atoms with van der Waals surface area (Å²) in [5, 5.41) is 0. The van der Waals surface area contributed by atoms with Crippen LogP contribution in [0.4, 0.5) is 4.39 Å². The Hall–Kier alpha value is -1.49. The minimum absolute atomic E-state index is 0.326. The van der Waals surface area contributed by atoms with Crippen molar-refractivity contribution in [2.45, 2.75) is 13.8 Å². The van der Waals surface area contributed by atoms with Crippen molar-refractivity contribution in [2.24, 2.45) is 0 Å². The SMILES string of the molecule is Cc1cc(Oc2ccc(F)c(Br)c2)nc(C)n1. The van der Waals surface area contributed by atoms with E-state index in [2.05, 4.69) is 25.9 Å². The lowest BCUT2D eigenvalue weighted by Crippen LogP contribution is -1.95. The zero-order valence-corrected chi connectivity index (χ0v) is 11.0. The van der Waals surface area contributed by atoms with Crippen molar-refractivity contribution >= 4 is 15.9 Å². The van der Waals surface area contributed by atoms with Gasteiger partial charge >= 0.3 is 0 Å². The molecule has 0 bridgehead atoms. The zero-order valence-electron chi connectivity index (χ0n) is 9.37. The molecule has 0 N–H and O–H groups in total. The molecule has 17 heavy (non-hydrogen) atoms. The highest BCUT2D eigenvalue weighted by Crippen LogP contribution is 2.25. The van der Waals surface area contributed by atoms with Gasteiger partial charge in [-0.2, -0.15) is 4.98 Å². The van der Waals surface area contributed by atoms with Gasteiger partial charge in [0.05, 0.1) is 4.47 Å². The average molecular weight is 297 g/mol. The fraction of sp³-hybridized carbons (Fsp3) is 0.167. The summed E-state index contributed by atoms with van der Waals surface area (Å²) in [6, 6.07) is 6.17. The maximum absolute atomic E-state index is 13.0. The van der Waals surface area contributed by atoms with E-state index in [1.165, 1.54) is 6.07 Å². The number of rotatable bonds is 2. The first kappa shape index (κ1) is 12.0. The predicted molar refractivity (Wildman–Crippen MR) is 65.7 cm³/mol. The Labute approximate surface area is 107 Å². The number of hydrogen-bond acceptors (Lipinski definition) is 3. The van der Waals surface area contributed by atoms with Gasteiger partial charge < -0.3 is 4.74 Å². The van der Waals surface area contributed by atoms with Crippen molar-refractivity contribution in [1.82, 2.24) is 9.97 Å². The molecule has 1 heterocycles. The second-order valence-electron chi connectivity index (χ2n) is 3.57. The van der Waals surface area contributed by atoms with Crippen molar-refractivity contribution in [3.8, 4) is 11.6 Å². The second-order valence-corrected chi connectivity index (χ2v) is 4.43. The van der Waals surface area contributed by atoms with Gasteiger partial charge in [-0.15, -0.1) is 0 Å². The summed E-state index contributed by atoms with van der Waals surface area (Å²) >= 11 is 3.10. The van der Waals surface area contributed by atoms with Gasteiger partial charge in [0, 0.05) is 11.8 Å². The summed E-state index contributed by atoms with van der Waals surface area (Å²) < 4.78 is 18.9. The van der Waals surface area contributed by atoms with Crippen LogP contribution in [0.5, 0.6) is 11.6 Å². The Morgan fingerprint density at radius 2 is 1.94 bits per heavy atom. The van der Waals surface area contributed by atoms with Gasteiger partial charge in [-0.3, -0.25) is 0 Å². The highest BCUT2D eigenvalue weighted by atomic mass is 79.9. The zero-order chi connectivity index (χ0) is 12.4. The van der Waals surface area contributed by atoms with E-state index < -0.39 is 0 Å². The van der Waals surface area contributed by atoms with Gasteiger partial charge in [-0.05, 0) is 48.0 Å². The molecule has 0 aliphatic heterocycles. The summed E-state index contributed by atoms with van der Waals surface area (Å²) in [4.78, 5) is 8.29. The smallest absolute Gasteiger partial charge is 0.222 e. The van der Waals surface area contributed by atoms with Crippen LogP contribution in [-0.4, -0.2) is 9.97 Å². The van der Waals surface area contributed by atoms with Crippen LogP contribution in [0.25, 0.3) is 0 Å². The molecular formula is C12H10BrFN2O. The van der Waals surface area contributed by atoms with Crippen LogP contribution < -0.4 is 4.74 Å². The summed E-state index contributed by atoms with van der Waals surface area (Å²) in [6.45, 7) is 3.66. The first-order chi connectivity index (χ1) is 8.04. The molecule has 2 aromatic rings. The van der Waals surface area contributed by atoms with Crippen LogP contribution in [0, 0.1) is 19.7 Å². The molecule has 5 heteroatoms. The van der Waals surface area contributed by atoms with Crippen molar-refractivity contribution < 1.29 is 9.13 Å². The third-order valence-electron chi connectivity index (χ3n) is 2.06. The van der Waals surface area contributed by atoms with Crippen LogP contribution in [-0.2, 0) is 0 Å². The van der Waals surface area contributed by atoms with E-state index in [0.29, 0.717) is 21.9 Å². The summed E-state index contributed by atoms with van der Waals surface area (Å²) in [5.41, 5.74) is 0.827. The van der Waals surface area contributed by atoms with Gasteiger partial charge in [-0.25, -0.2) is 9.37 Å². The molecule has 0 saturated heterocycles. The Morgan fingerprint density at radius 1 is 1.18 bits per heavy atom. The first-order valence-corrected chi connectivity index (χ1v) is 5.79. The summed E-state index contributed by atoms with van der Waals surface area (Å²) in [6.07, 6.45) is 0. The molecule has 3 nitrogen and oxygen atoms in total. The molecule has 88 valence electrons. The Balaban J connectivity index is 2.28. The Kier molecular flexibility index (Phi) is 3.38. The predicted octanol–water partition coefficient (Wildman–Crippen LogP) is 3.79. The van der Waals surface area contributed by atoms with Crippen LogP contribution in [0.3, 0.4) is 0 Å². The molecule has 1 aromatic heterocycles. The van der Waals surface area contributed by atoms with Crippen LogP contribution in [0.1, 0.15) is 11.5 Å². The highest BCUT2D eigenvalue weighted by Gasteiger charge is 2.04. The number of nitrogens with zero attached hydrogens (tertiary/aromatic N) is 2. The number of benzene rings is 1. The molecule has 0 atom stereocenters. The first-order valence-electron chi connectivity index (χ1n) is 5.00. The quantitative estimate of drug-likeness (QED) is 0.846. The van der Waals surface area contributed by atoms with Gasteiger partial charge in [0.25, 0.3) is 0 Å². The maximum Gasteiger partial charge on any atom is 0.222 e. The van der Waals surface area contributed by atoms with Gasteiger partial charge in [0.2, 0.25) is 5.88 Å². The normalized spacial score (nSPS) is 10.4. The molecule has 0 aliphatic rings. The van der Waals surface area contributed by atoms with E-state index in [0.717, 1.165) is 5.69 Å². The molecular weight excluding hydrogens is 287 g/mol. The molecule has 0 radical (unpaired) electrons. The van der Waals surface area contributed by atoms with Crippen molar-refractivity contribution in [2.75, 3.05) is 0 Å². The van der Waals surface area contributed by atoms with Gasteiger partial charge in [0.1, 0.15) is 17.4 Å². The molecule has 0 fully saturated rings. The molecule has 0 unspecified atom stereocenters. The fourth-order valence-corrected chi connectivity index (χ4v) is 1.75. The van der Waals surface area contributed by atoms with Crippen LogP contribution in [0.2, 0.25) is 0 Å². The molecule has 0 amide bonds. The van der Waals surface area contributed by atoms with Crippen LogP contribution in [0.15, 0.2) is 28.7 Å². The number of ether oxygens (including phenoxy) is 1. The lowest BCUT2D eigenvalue weighted by molar-refractivity contribution is 0.457. The Morgan fingerprint density at radius 3 is 2.59 bits per heavy atom. The Bertz CT molecular complexity index is 540. The molecule has 0 saturated carbocycles. The van der Waals surface area contributed by atoms with Crippen molar-refractivity contribution in [3.05, 3.63) is 46.1 Å². The number of aromatic nitrogens is 2. The van der Waals surface area contributed by atoms with Gasteiger partial charge in [-0.1, -0.05) is 0 Å². The average Bonchev–Trinajstić information content (AvgIpc) is 2.22. The summed E-state index contributed by atoms with van der Waals surface area (Å²) in [7, 11) is 0. The van der Waals surface area contributed by atoms with E-state index in [4.69, 9.17) is 4.74 Å². The van der Waals surface area contributed by atoms with E-state index in [1.54, 1.807) is 25.1 Å². The largest absolute Gasteiger partial charge is 0.439 e. The molecule has 0 aliphatic carbocycles. The van der Waals surface area contributed by atoms with Crippen molar-refractivity contribution in [3.63, 3.8) is 0 Å². The molecule has 1 aromatic carbocycles. The van der Waals surface area contributed by atoms with Crippen molar-refractivity contribution in [1.29, 1.82) is 0 Å². The third kappa shape index (κ3) is 3.00. The number of aryl methyl sites for hydroxylation is 2. The minimum Gasteiger partial charge on any atom is -0.439 e. The summed E-state index contributed by atoms with van der Waals surface area (Å²) in [5.74, 6) is 1.29. The highest BCUT2D eigenvalue weighted by molar-refractivity contribution is 9.10. The van der Waals surface area contributed by atoms with E-state index in [-0.39, 0.29) is 5.82 Å². The topological polar surface area (TPSA) is 35.0 Å². The second kappa shape index (κ2) is 4.79. The molecule has 2 rings (SSSR count). The third-order valence-corrected chi connectivity index (χ3v) is 2.66. The van der Waals surface area contributed by atoms with Gasteiger partial charge in [0.15, 0.2) is 0 Å². The van der Waals surface area contributed by atoms with E-state index in [1.807, 2.05) is 6.92 Å². The fourth-order valence-electron chi connectivity index (χ4n) is 1.40. The number of halogens is 2. The van der Waals surface area contributed by atoms with Crippen LogP contribution >= 0.6 is 15.9 Å². The lowest BCUT2D eigenvalue weighted by Gasteiger charge is -2.06. The standard InChI is InChI=1S/C12H10BrFN2O/c1-7-5-12(16-8(2)15-7)17-9-3-4-11(14)10(13)6-9/h3-6H,1-2H3. The lowest BCUT2D eigenvalue weighted by atomic mass is 10.3. The maximum atomic E-state index is 13.0. The minimum atomic E-state index is -0.326.